The Balaban J connectivity index is 1.49. The molecule has 1 aliphatic heterocycles. The van der Waals surface area contributed by atoms with Crippen molar-refractivity contribution in [1.82, 2.24) is 14.9 Å². The summed E-state index contributed by atoms with van der Waals surface area (Å²) < 4.78 is 5.89. The lowest BCUT2D eigenvalue weighted by molar-refractivity contribution is 0.0738. The third kappa shape index (κ3) is 2.98. The predicted molar refractivity (Wildman–Crippen MR) is 106 cm³/mol. The lowest BCUT2D eigenvalue weighted by Crippen LogP contribution is -2.31. The Hall–Kier alpha value is -3.12. The Morgan fingerprint density at radius 1 is 1.15 bits per heavy atom. The van der Waals surface area contributed by atoms with E-state index in [1.165, 1.54) is 11.3 Å². The molecule has 0 radical (unpaired) electrons. The number of aromatic nitrogens is 2. The van der Waals surface area contributed by atoms with Gasteiger partial charge in [0.15, 0.2) is 0 Å². The second-order valence-corrected chi connectivity index (χ2v) is 7.46. The van der Waals surface area contributed by atoms with Crippen molar-refractivity contribution in [1.29, 1.82) is 0 Å². The Bertz CT molecular complexity index is 1120. The molecule has 3 heterocycles. The summed E-state index contributed by atoms with van der Waals surface area (Å²) in [7, 11) is 0. The summed E-state index contributed by atoms with van der Waals surface area (Å²) in [5.41, 5.74) is 5.19. The molecule has 5 nitrogen and oxygen atoms in total. The van der Waals surface area contributed by atoms with Gasteiger partial charge in [0.25, 0.3) is 5.91 Å². The van der Waals surface area contributed by atoms with Gasteiger partial charge in [-0.2, -0.15) is 0 Å². The first-order valence-electron chi connectivity index (χ1n) is 8.80. The molecule has 27 heavy (non-hydrogen) atoms. The van der Waals surface area contributed by atoms with Gasteiger partial charge in [-0.25, -0.2) is 4.98 Å². The van der Waals surface area contributed by atoms with Crippen LogP contribution in [0.1, 0.15) is 15.2 Å². The number of fused-ring (bicyclic) bond motifs is 2. The molecule has 0 bridgehead atoms. The van der Waals surface area contributed by atoms with E-state index >= 15 is 0 Å². The van der Waals surface area contributed by atoms with Crippen LogP contribution in [0.4, 0.5) is 0 Å². The predicted octanol–water partition coefficient (Wildman–Crippen LogP) is 4.33. The van der Waals surface area contributed by atoms with E-state index in [2.05, 4.69) is 34.2 Å². The standard InChI is InChI=1S/C21H17N3O2S/c25-21(20-2-1-9-27-20)24-7-8-26-19-6-4-14(10-16(19)12-24)15-3-5-17-18(11-15)23-13-22-17/h1-6,9-11,13H,7-8,12H2,(H,22,23). The highest BCUT2D eigenvalue weighted by atomic mass is 32.1. The molecule has 0 atom stereocenters. The topological polar surface area (TPSA) is 58.2 Å². The lowest BCUT2D eigenvalue weighted by Gasteiger charge is -2.19. The van der Waals surface area contributed by atoms with Crippen LogP contribution in [0.2, 0.25) is 0 Å². The molecule has 0 saturated heterocycles. The van der Waals surface area contributed by atoms with Gasteiger partial charge >= 0.3 is 0 Å². The largest absolute Gasteiger partial charge is 0.491 e. The molecule has 2 aromatic carbocycles. The number of amides is 1. The van der Waals surface area contributed by atoms with Crippen LogP contribution in [0.15, 0.2) is 60.2 Å². The van der Waals surface area contributed by atoms with E-state index in [1.54, 1.807) is 6.33 Å². The fourth-order valence-electron chi connectivity index (χ4n) is 3.42. The number of aromatic amines is 1. The number of hydrogen-bond donors (Lipinski definition) is 1. The first-order chi connectivity index (χ1) is 13.3. The molecule has 1 N–H and O–H groups in total. The van der Waals surface area contributed by atoms with Crippen molar-refractivity contribution >= 4 is 28.3 Å². The van der Waals surface area contributed by atoms with Gasteiger partial charge in [0.2, 0.25) is 0 Å². The summed E-state index contributed by atoms with van der Waals surface area (Å²) in [6.07, 6.45) is 1.70. The van der Waals surface area contributed by atoms with Gasteiger partial charge in [0, 0.05) is 12.1 Å². The van der Waals surface area contributed by atoms with E-state index in [-0.39, 0.29) is 5.91 Å². The molecule has 0 fully saturated rings. The maximum Gasteiger partial charge on any atom is 0.264 e. The molecule has 0 unspecified atom stereocenters. The van der Waals surface area contributed by atoms with E-state index in [9.17, 15) is 4.79 Å². The van der Waals surface area contributed by atoms with Crippen LogP contribution in [-0.4, -0.2) is 33.9 Å². The molecule has 0 saturated carbocycles. The first kappa shape index (κ1) is 16.1. The molecule has 0 aliphatic carbocycles. The minimum absolute atomic E-state index is 0.0609. The van der Waals surface area contributed by atoms with Crippen molar-refractivity contribution in [3.8, 4) is 16.9 Å². The number of ether oxygens (including phenoxy) is 1. The Morgan fingerprint density at radius 2 is 2.04 bits per heavy atom. The van der Waals surface area contributed by atoms with Crippen LogP contribution in [0.25, 0.3) is 22.2 Å². The summed E-state index contributed by atoms with van der Waals surface area (Å²) in [4.78, 5) is 22.8. The molecule has 134 valence electrons. The Labute approximate surface area is 160 Å². The number of benzene rings is 2. The minimum Gasteiger partial charge on any atom is -0.491 e. The Morgan fingerprint density at radius 3 is 2.93 bits per heavy atom. The highest BCUT2D eigenvalue weighted by Gasteiger charge is 2.22. The fraction of sp³-hybridized carbons (Fsp3) is 0.143. The third-order valence-corrected chi connectivity index (χ3v) is 5.67. The van der Waals surface area contributed by atoms with E-state index in [4.69, 9.17) is 4.74 Å². The van der Waals surface area contributed by atoms with Gasteiger partial charge in [-0.1, -0.05) is 18.2 Å². The van der Waals surface area contributed by atoms with E-state index in [0.717, 1.165) is 38.4 Å². The van der Waals surface area contributed by atoms with Gasteiger partial charge in [0.1, 0.15) is 12.4 Å². The zero-order chi connectivity index (χ0) is 18.2. The quantitative estimate of drug-likeness (QED) is 0.567. The van der Waals surface area contributed by atoms with Crippen LogP contribution in [0.5, 0.6) is 5.75 Å². The average molecular weight is 375 g/mol. The second kappa shape index (κ2) is 6.55. The third-order valence-electron chi connectivity index (χ3n) is 4.81. The van der Waals surface area contributed by atoms with Crippen molar-refractivity contribution < 1.29 is 9.53 Å². The van der Waals surface area contributed by atoms with E-state index in [1.807, 2.05) is 34.5 Å². The van der Waals surface area contributed by atoms with Crippen LogP contribution in [0, 0.1) is 0 Å². The number of rotatable bonds is 2. The zero-order valence-electron chi connectivity index (χ0n) is 14.5. The highest BCUT2D eigenvalue weighted by molar-refractivity contribution is 7.12. The monoisotopic (exact) mass is 375 g/mol. The number of thiophene rings is 1. The normalized spacial score (nSPS) is 13.9. The van der Waals surface area contributed by atoms with Crippen molar-refractivity contribution in [3.63, 3.8) is 0 Å². The summed E-state index contributed by atoms with van der Waals surface area (Å²) in [6, 6.07) is 16.1. The van der Waals surface area contributed by atoms with Gasteiger partial charge in [-0.05, 0) is 46.8 Å². The zero-order valence-corrected chi connectivity index (χ0v) is 15.3. The van der Waals surface area contributed by atoms with Crippen molar-refractivity contribution in [3.05, 3.63) is 70.7 Å². The molecule has 1 amide bonds. The lowest BCUT2D eigenvalue weighted by atomic mass is 10.0. The smallest absolute Gasteiger partial charge is 0.264 e. The molecule has 5 rings (SSSR count). The fourth-order valence-corrected chi connectivity index (χ4v) is 4.11. The van der Waals surface area contributed by atoms with Gasteiger partial charge in [0.05, 0.1) is 28.8 Å². The second-order valence-electron chi connectivity index (χ2n) is 6.51. The van der Waals surface area contributed by atoms with Crippen LogP contribution in [-0.2, 0) is 6.54 Å². The molecule has 6 heteroatoms. The summed E-state index contributed by atoms with van der Waals surface area (Å²) in [5, 5.41) is 1.93. The van der Waals surface area contributed by atoms with Crippen molar-refractivity contribution in [2.45, 2.75) is 6.54 Å². The van der Waals surface area contributed by atoms with Crippen LogP contribution in [0.3, 0.4) is 0 Å². The van der Waals surface area contributed by atoms with Crippen LogP contribution >= 0.6 is 11.3 Å². The SMILES string of the molecule is O=C(c1cccs1)N1CCOc2ccc(-c3ccc4nc[nH]c4c3)cc2C1. The number of imidazole rings is 1. The van der Waals surface area contributed by atoms with E-state index < -0.39 is 0 Å². The van der Waals surface area contributed by atoms with Gasteiger partial charge in [-0.3, -0.25) is 4.79 Å². The number of carbonyl (C=O) groups excluding carboxylic acids is 1. The molecule has 2 aromatic heterocycles. The highest BCUT2D eigenvalue weighted by Crippen LogP contribution is 2.31. The summed E-state index contributed by atoms with van der Waals surface area (Å²) in [6.45, 7) is 1.64. The number of nitrogens with zero attached hydrogens (tertiary/aromatic N) is 2. The number of hydrogen-bond acceptors (Lipinski definition) is 4. The molecular formula is C21H17N3O2S. The summed E-state index contributed by atoms with van der Waals surface area (Å²) >= 11 is 1.47. The summed E-state index contributed by atoms with van der Waals surface area (Å²) in [5.74, 6) is 0.911. The first-order valence-corrected chi connectivity index (χ1v) is 9.68. The van der Waals surface area contributed by atoms with Gasteiger partial charge in [-0.15, -0.1) is 11.3 Å². The van der Waals surface area contributed by atoms with E-state index in [0.29, 0.717) is 19.7 Å². The van der Waals surface area contributed by atoms with Crippen molar-refractivity contribution in [2.75, 3.05) is 13.2 Å². The van der Waals surface area contributed by atoms with Gasteiger partial charge < -0.3 is 14.6 Å². The number of carbonyl (C=O) groups is 1. The maximum atomic E-state index is 12.8. The molecule has 1 aliphatic rings. The van der Waals surface area contributed by atoms with Crippen LogP contribution < -0.4 is 4.74 Å². The molecular weight excluding hydrogens is 358 g/mol. The minimum atomic E-state index is 0.0609. The number of nitrogens with one attached hydrogen (secondary N) is 1. The maximum absolute atomic E-state index is 12.8. The Kier molecular flexibility index (Phi) is 3.90. The molecule has 0 spiro atoms. The average Bonchev–Trinajstić information content (AvgIpc) is 3.34. The number of H-pyrrole nitrogens is 1. The van der Waals surface area contributed by atoms with Crippen molar-refractivity contribution in [2.24, 2.45) is 0 Å². The molecule has 4 aromatic rings.